The van der Waals surface area contributed by atoms with Gasteiger partial charge in [-0.3, -0.25) is 0 Å². The van der Waals surface area contributed by atoms with Crippen molar-refractivity contribution in [1.29, 1.82) is 0 Å². The Balaban J connectivity index is 3.07. The van der Waals surface area contributed by atoms with Crippen LogP contribution in [0.5, 0.6) is 0 Å². The predicted octanol–water partition coefficient (Wildman–Crippen LogP) is 2.75. The molecule has 0 radical (unpaired) electrons. The normalized spacial score (nSPS) is 14.2. The van der Waals surface area contributed by atoms with Crippen molar-refractivity contribution in [2.45, 2.75) is 46.2 Å². The summed E-state index contributed by atoms with van der Waals surface area (Å²) >= 11 is 0. The van der Waals surface area contributed by atoms with Gasteiger partial charge in [0.25, 0.3) is 0 Å². The summed E-state index contributed by atoms with van der Waals surface area (Å²) in [5, 5.41) is 0. The molecule has 1 rings (SSSR count). The molecule has 0 heterocycles. The molecule has 108 valence electrons. The summed E-state index contributed by atoms with van der Waals surface area (Å²) in [5.41, 5.74) is 9.88. The van der Waals surface area contributed by atoms with Crippen molar-refractivity contribution in [3.05, 3.63) is 29.3 Å². The molecule has 1 aromatic rings. The Bertz CT molecular complexity index is 390. The highest BCUT2D eigenvalue weighted by atomic mass is 16.5. The molecule has 0 bridgehead atoms. The van der Waals surface area contributed by atoms with Crippen molar-refractivity contribution in [1.82, 2.24) is 0 Å². The summed E-state index contributed by atoms with van der Waals surface area (Å²) in [6, 6.07) is 7.17. The van der Waals surface area contributed by atoms with E-state index in [-0.39, 0.29) is 6.04 Å². The molecule has 2 atom stereocenters. The van der Waals surface area contributed by atoms with Crippen molar-refractivity contribution in [2.24, 2.45) is 5.73 Å². The first-order valence-corrected chi connectivity index (χ1v) is 7.10. The molecule has 0 aliphatic heterocycles. The third-order valence-corrected chi connectivity index (χ3v) is 3.37. The van der Waals surface area contributed by atoms with Crippen LogP contribution in [0.15, 0.2) is 18.2 Å². The molecule has 0 spiro atoms. The molecule has 1 aromatic carbocycles. The van der Waals surface area contributed by atoms with Gasteiger partial charge in [0, 0.05) is 31.4 Å². The van der Waals surface area contributed by atoms with E-state index in [0.29, 0.717) is 6.04 Å². The summed E-state index contributed by atoms with van der Waals surface area (Å²) in [5.74, 6) is 0. The second kappa shape index (κ2) is 7.51. The van der Waals surface area contributed by atoms with Gasteiger partial charge in [0.1, 0.15) is 0 Å². The minimum atomic E-state index is 0.178. The third kappa shape index (κ3) is 4.51. The Hall–Kier alpha value is -1.06. The molecule has 3 heteroatoms. The lowest BCUT2D eigenvalue weighted by molar-refractivity contribution is 0.182. The highest BCUT2D eigenvalue weighted by Crippen LogP contribution is 2.25. The predicted molar refractivity (Wildman–Crippen MR) is 82.9 cm³/mol. The third-order valence-electron chi connectivity index (χ3n) is 3.37. The Labute approximate surface area is 117 Å². The molecule has 0 aliphatic carbocycles. The molecule has 19 heavy (non-hydrogen) atoms. The fourth-order valence-corrected chi connectivity index (χ4v) is 2.56. The van der Waals surface area contributed by atoms with Crippen LogP contribution in [-0.2, 0) is 11.2 Å². The fraction of sp³-hybridized carbons (Fsp3) is 0.625. The smallest absolute Gasteiger partial charge is 0.0663 e. The Morgan fingerprint density at radius 3 is 2.53 bits per heavy atom. The first-order chi connectivity index (χ1) is 8.99. The Kier molecular flexibility index (Phi) is 6.32. The highest BCUT2D eigenvalue weighted by Gasteiger charge is 2.16. The number of likely N-dealkylation sites (N-methyl/N-ethyl adjacent to an activating group) is 1. The Morgan fingerprint density at radius 2 is 2.00 bits per heavy atom. The molecule has 0 amide bonds. The van der Waals surface area contributed by atoms with E-state index in [1.165, 1.54) is 16.8 Å². The molecule has 0 saturated heterocycles. The largest absolute Gasteiger partial charge is 0.383 e. The van der Waals surface area contributed by atoms with E-state index in [9.17, 15) is 0 Å². The average Bonchev–Trinajstić information content (AvgIpc) is 2.32. The summed E-state index contributed by atoms with van der Waals surface area (Å²) in [7, 11) is 1.75. The van der Waals surface area contributed by atoms with Crippen LogP contribution in [0.25, 0.3) is 0 Å². The van der Waals surface area contributed by atoms with Gasteiger partial charge in [0.15, 0.2) is 0 Å². The van der Waals surface area contributed by atoms with Gasteiger partial charge in [0.05, 0.1) is 6.61 Å². The maximum absolute atomic E-state index is 5.98. The summed E-state index contributed by atoms with van der Waals surface area (Å²) in [6.07, 6.45) is 0.910. The lowest BCUT2D eigenvalue weighted by Gasteiger charge is -2.32. The van der Waals surface area contributed by atoms with E-state index >= 15 is 0 Å². The molecule has 0 aliphatic rings. The number of ether oxygens (including phenoxy) is 1. The zero-order chi connectivity index (χ0) is 14.4. The van der Waals surface area contributed by atoms with Crippen molar-refractivity contribution in [3.63, 3.8) is 0 Å². The first-order valence-electron chi connectivity index (χ1n) is 7.10. The van der Waals surface area contributed by atoms with Crippen molar-refractivity contribution < 1.29 is 4.74 Å². The van der Waals surface area contributed by atoms with Crippen molar-refractivity contribution in [2.75, 3.05) is 25.2 Å². The van der Waals surface area contributed by atoms with Crippen LogP contribution >= 0.6 is 0 Å². The maximum atomic E-state index is 5.98. The standard InChI is InChI=1S/C16H28N2O/c1-6-18(14(4)11-19-5)16-8-7-12(2)9-15(16)10-13(3)17/h7-9,13-14H,6,10-11,17H2,1-5H3. The zero-order valence-electron chi connectivity index (χ0n) is 12.9. The minimum absolute atomic E-state index is 0.178. The van der Waals surface area contributed by atoms with E-state index in [4.69, 9.17) is 10.5 Å². The summed E-state index contributed by atoms with van der Waals surface area (Å²) < 4.78 is 5.29. The molecule has 2 N–H and O–H groups in total. The zero-order valence-corrected chi connectivity index (χ0v) is 12.9. The molecular weight excluding hydrogens is 236 g/mol. The Morgan fingerprint density at radius 1 is 1.32 bits per heavy atom. The molecule has 0 fully saturated rings. The van der Waals surface area contributed by atoms with Crippen molar-refractivity contribution >= 4 is 5.69 Å². The van der Waals surface area contributed by atoms with Crippen LogP contribution in [0.2, 0.25) is 0 Å². The van der Waals surface area contributed by atoms with E-state index in [0.717, 1.165) is 19.6 Å². The van der Waals surface area contributed by atoms with Gasteiger partial charge < -0.3 is 15.4 Å². The van der Waals surface area contributed by atoms with Crippen LogP contribution in [0, 0.1) is 6.92 Å². The number of aryl methyl sites for hydroxylation is 1. The second-order valence-electron chi connectivity index (χ2n) is 5.40. The number of nitrogens with zero attached hydrogens (tertiary/aromatic N) is 1. The molecule has 2 unspecified atom stereocenters. The fourth-order valence-electron chi connectivity index (χ4n) is 2.56. The van der Waals surface area contributed by atoms with Gasteiger partial charge in [-0.25, -0.2) is 0 Å². The average molecular weight is 264 g/mol. The summed E-state index contributed by atoms with van der Waals surface area (Å²) in [6.45, 7) is 10.3. The monoisotopic (exact) mass is 264 g/mol. The van der Waals surface area contributed by atoms with Gasteiger partial charge in [-0.2, -0.15) is 0 Å². The van der Waals surface area contributed by atoms with Gasteiger partial charge in [-0.05, 0) is 45.7 Å². The number of hydrogen-bond donors (Lipinski definition) is 1. The van der Waals surface area contributed by atoms with Gasteiger partial charge >= 0.3 is 0 Å². The SMILES string of the molecule is CCN(c1ccc(C)cc1CC(C)N)C(C)COC. The maximum Gasteiger partial charge on any atom is 0.0663 e. The second-order valence-corrected chi connectivity index (χ2v) is 5.40. The number of methoxy groups -OCH3 is 1. The number of anilines is 1. The number of rotatable bonds is 7. The quantitative estimate of drug-likeness (QED) is 0.823. The van der Waals surface area contributed by atoms with E-state index in [1.807, 2.05) is 0 Å². The lowest BCUT2D eigenvalue weighted by Crippen LogP contribution is -2.37. The molecule has 3 nitrogen and oxygen atoms in total. The van der Waals surface area contributed by atoms with Crippen LogP contribution in [0.3, 0.4) is 0 Å². The highest BCUT2D eigenvalue weighted by molar-refractivity contribution is 5.56. The molecule has 0 aromatic heterocycles. The lowest BCUT2D eigenvalue weighted by atomic mass is 10.0. The van der Waals surface area contributed by atoms with Crippen LogP contribution in [0.4, 0.5) is 5.69 Å². The van der Waals surface area contributed by atoms with Gasteiger partial charge in [-0.15, -0.1) is 0 Å². The van der Waals surface area contributed by atoms with Crippen molar-refractivity contribution in [3.8, 4) is 0 Å². The summed E-state index contributed by atoms with van der Waals surface area (Å²) in [4.78, 5) is 2.39. The number of nitrogens with two attached hydrogens (primary N) is 1. The first kappa shape index (κ1) is 16.0. The van der Waals surface area contributed by atoms with Crippen LogP contribution < -0.4 is 10.6 Å². The van der Waals surface area contributed by atoms with Crippen LogP contribution in [-0.4, -0.2) is 32.3 Å². The van der Waals surface area contributed by atoms with E-state index in [2.05, 4.69) is 50.8 Å². The minimum Gasteiger partial charge on any atom is -0.383 e. The number of benzene rings is 1. The number of hydrogen-bond acceptors (Lipinski definition) is 3. The van der Waals surface area contributed by atoms with Crippen LogP contribution in [0.1, 0.15) is 31.9 Å². The molecule has 0 saturated carbocycles. The van der Waals surface area contributed by atoms with E-state index in [1.54, 1.807) is 7.11 Å². The van der Waals surface area contributed by atoms with Gasteiger partial charge in [0.2, 0.25) is 0 Å². The topological polar surface area (TPSA) is 38.5 Å². The molecular formula is C16H28N2O. The van der Waals surface area contributed by atoms with E-state index < -0.39 is 0 Å². The van der Waals surface area contributed by atoms with Gasteiger partial charge in [-0.1, -0.05) is 17.7 Å².